The van der Waals surface area contributed by atoms with E-state index in [1.165, 1.54) is 68.4 Å². The number of rotatable bonds is 16. The maximum absolute atomic E-state index is 6.01. The fourth-order valence-corrected chi connectivity index (χ4v) is 3.87. The van der Waals surface area contributed by atoms with E-state index in [0.29, 0.717) is 0 Å². The predicted molar refractivity (Wildman–Crippen MR) is 104 cm³/mol. The van der Waals surface area contributed by atoms with Gasteiger partial charge in [0.2, 0.25) is 0 Å². The van der Waals surface area contributed by atoms with Gasteiger partial charge in [0.05, 0.1) is 0 Å². The SMILES string of the molecule is CCCCCCCCOc1cccc(OCCCCCCCC)[c]1[Zn]. The maximum atomic E-state index is 6.01. The van der Waals surface area contributed by atoms with Crippen LogP contribution in [0.1, 0.15) is 90.9 Å². The molecule has 0 heterocycles. The fraction of sp³-hybridized carbons (Fsp3) is 0.727. The molecule has 0 aliphatic heterocycles. The van der Waals surface area contributed by atoms with E-state index in [4.69, 9.17) is 9.47 Å². The topological polar surface area (TPSA) is 18.5 Å². The van der Waals surface area contributed by atoms with E-state index in [1.54, 1.807) is 0 Å². The van der Waals surface area contributed by atoms with Crippen LogP contribution in [-0.2, 0) is 18.3 Å². The molecular formula is C22H37O2Zn. The molecule has 0 aliphatic carbocycles. The van der Waals surface area contributed by atoms with Crippen LogP contribution in [0.4, 0.5) is 0 Å². The van der Waals surface area contributed by atoms with Gasteiger partial charge in [-0.2, -0.15) is 0 Å². The van der Waals surface area contributed by atoms with Gasteiger partial charge in [0.25, 0.3) is 0 Å². The van der Waals surface area contributed by atoms with Gasteiger partial charge in [-0.15, -0.1) is 0 Å². The van der Waals surface area contributed by atoms with Gasteiger partial charge >= 0.3 is 166 Å². The predicted octanol–water partition coefficient (Wildman–Crippen LogP) is 6.34. The summed E-state index contributed by atoms with van der Waals surface area (Å²) in [6, 6.07) is 6.24. The zero-order valence-electron chi connectivity index (χ0n) is 16.7. The van der Waals surface area contributed by atoms with Gasteiger partial charge in [0.15, 0.2) is 0 Å². The van der Waals surface area contributed by atoms with Gasteiger partial charge in [-0.25, -0.2) is 0 Å². The van der Waals surface area contributed by atoms with Crippen LogP contribution in [0.2, 0.25) is 0 Å². The Morgan fingerprint density at radius 3 is 1.48 bits per heavy atom. The first-order chi connectivity index (χ1) is 12.3. The van der Waals surface area contributed by atoms with E-state index < -0.39 is 0 Å². The molecule has 25 heavy (non-hydrogen) atoms. The summed E-state index contributed by atoms with van der Waals surface area (Å²) in [4.78, 5) is 0. The molecule has 0 saturated heterocycles. The van der Waals surface area contributed by atoms with Crippen LogP contribution in [0.3, 0.4) is 0 Å². The van der Waals surface area contributed by atoms with Gasteiger partial charge in [0, 0.05) is 0 Å². The van der Waals surface area contributed by atoms with E-state index in [9.17, 15) is 0 Å². The first-order valence-corrected chi connectivity index (χ1v) is 12.0. The molecule has 0 amide bonds. The Morgan fingerprint density at radius 2 is 1.04 bits per heavy atom. The van der Waals surface area contributed by atoms with Crippen molar-refractivity contribution in [3.63, 3.8) is 0 Å². The van der Waals surface area contributed by atoms with Crippen molar-refractivity contribution in [2.45, 2.75) is 90.9 Å². The van der Waals surface area contributed by atoms with Gasteiger partial charge in [-0.1, -0.05) is 0 Å². The summed E-state index contributed by atoms with van der Waals surface area (Å²) in [5.74, 6) is 2.07. The Labute approximate surface area is 165 Å². The van der Waals surface area contributed by atoms with Crippen molar-refractivity contribution >= 4 is 4.16 Å². The summed E-state index contributed by atoms with van der Waals surface area (Å²) in [6.07, 6.45) is 15.6. The zero-order chi connectivity index (χ0) is 18.2. The van der Waals surface area contributed by atoms with Gasteiger partial charge in [-0.3, -0.25) is 0 Å². The Balaban J connectivity index is 2.21. The molecule has 1 aromatic carbocycles. The average Bonchev–Trinajstić information content (AvgIpc) is 2.62. The van der Waals surface area contributed by atoms with E-state index in [0.717, 1.165) is 55.9 Å². The summed E-state index contributed by atoms with van der Waals surface area (Å²) < 4.78 is 13.3. The minimum atomic E-state index is 0.833. The number of hydrogen-bond donors (Lipinski definition) is 0. The molecule has 0 fully saturated rings. The molecule has 0 aromatic heterocycles. The molecule has 0 saturated carbocycles. The average molecular weight is 399 g/mol. The first-order valence-electron chi connectivity index (χ1n) is 10.5. The third-order valence-corrected chi connectivity index (χ3v) is 6.06. The molecule has 2 nitrogen and oxygen atoms in total. The Bertz CT molecular complexity index is 398. The molecule has 0 aliphatic rings. The Kier molecular flexibility index (Phi) is 14.1. The fourth-order valence-electron chi connectivity index (χ4n) is 2.95. The minimum absolute atomic E-state index is 0.833. The van der Waals surface area contributed by atoms with E-state index in [1.807, 2.05) is 0 Å². The third kappa shape index (κ3) is 10.9. The molecule has 0 N–H and O–H groups in total. The number of unbranched alkanes of at least 4 members (excludes halogenated alkanes) is 10. The van der Waals surface area contributed by atoms with Crippen LogP contribution in [0.25, 0.3) is 0 Å². The zero-order valence-corrected chi connectivity index (χ0v) is 19.6. The number of hydrogen-bond acceptors (Lipinski definition) is 2. The van der Waals surface area contributed by atoms with Crippen molar-refractivity contribution in [3.8, 4) is 11.5 Å². The van der Waals surface area contributed by atoms with Crippen molar-refractivity contribution < 1.29 is 27.8 Å². The van der Waals surface area contributed by atoms with E-state index in [2.05, 4.69) is 32.0 Å². The second-order valence-corrected chi connectivity index (χ2v) is 8.45. The van der Waals surface area contributed by atoms with Crippen LogP contribution in [0.5, 0.6) is 11.5 Å². The third-order valence-electron chi connectivity index (χ3n) is 4.60. The summed E-state index contributed by atoms with van der Waals surface area (Å²) in [7, 11) is 0. The molecule has 1 rings (SSSR count). The molecule has 3 heteroatoms. The summed E-state index contributed by atoms with van der Waals surface area (Å²) >= 11 is 1.08. The molecule has 0 unspecified atom stereocenters. The van der Waals surface area contributed by atoms with Gasteiger partial charge < -0.3 is 0 Å². The van der Waals surface area contributed by atoms with Crippen molar-refractivity contribution in [1.82, 2.24) is 0 Å². The van der Waals surface area contributed by atoms with Crippen molar-refractivity contribution in [1.29, 1.82) is 0 Å². The summed E-state index contributed by atoms with van der Waals surface area (Å²) in [5, 5.41) is 0. The van der Waals surface area contributed by atoms with Crippen LogP contribution in [-0.4, -0.2) is 13.2 Å². The normalized spacial score (nSPS) is 10.9. The summed E-state index contributed by atoms with van der Waals surface area (Å²) in [5.41, 5.74) is 0. The molecule has 0 radical (unpaired) electrons. The number of benzene rings is 1. The van der Waals surface area contributed by atoms with E-state index >= 15 is 0 Å². The second kappa shape index (κ2) is 15.7. The van der Waals surface area contributed by atoms with Crippen LogP contribution in [0.15, 0.2) is 18.2 Å². The standard InChI is InChI=1S/C22H37O2.Zn/c1-3-5-7-9-11-13-18-23-21-16-15-17-22(20-21)24-19-14-12-10-8-6-4-2;/h15-17H,3-14,18-19H2,1-2H3;. The second-order valence-electron chi connectivity index (χ2n) is 6.97. The molecule has 0 atom stereocenters. The molecule has 0 spiro atoms. The quantitative estimate of drug-likeness (QED) is 0.239. The van der Waals surface area contributed by atoms with Crippen LogP contribution < -0.4 is 13.6 Å². The number of ether oxygens (including phenoxy) is 2. The molecule has 1 aromatic rings. The van der Waals surface area contributed by atoms with Crippen molar-refractivity contribution in [2.75, 3.05) is 13.2 Å². The van der Waals surface area contributed by atoms with E-state index in [-0.39, 0.29) is 0 Å². The summed E-state index contributed by atoms with van der Waals surface area (Å²) in [6.45, 7) is 6.19. The molecule has 139 valence electrons. The van der Waals surface area contributed by atoms with Crippen LogP contribution in [0, 0.1) is 0 Å². The van der Waals surface area contributed by atoms with Gasteiger partial charge in [-0.05, 0) is 0 Å². The van der Waals surface area contributed by atoms with Crippen molar-refractivity contribution in [3.05, 3.63) is 18.2 Å². The van der Waals surface area contributed by atoms with Gasteiger partial charge in [0.1, 0.15) is 0 Å². The monoisotopic (exact) mass is 397 g/mol. The van der Waals surface area contributed by atoms with Crippen molar-refractivity contribution in [2.24, 2.45) is 0 Å². The Hall–Kier alpha value is -0.557. The Morgan fingerprint density at radius 1 is 0.640 bits per heavy atom. The first kappa shape index (κ1) is 22.5. The molecule has 0 bridgehead atoms. The van der Waals surface area contributed by atoms with Crippen LogP contribution >= 0.6 is 0 Å². The molecular weight excluding hydrogens is 362 g/mol.